The second-order valence-electron chi connectivity index (χ2n) is 6.58. The number of hydrogen-bond donors (Lipinski definition) is 1. The quantitative estimate of drug-likeness (QED) is 0.751. The average Bonchev–Trinajstić information content (AvgIpc) is 2.73. The van der Waals surface area contributed by atoms with Gasteiger partial charge in [-0.25, -0.2) is 4.39 Å². The lowest BCUT2D eigenvalue weighted by Gasteiger charge is -2.30. The minimum atomic E-state index is -0.577. The van der Waals surface area contributed by atoms with E-state index in [0.29, 0.717) is 17.8 Å². The zero-order chi connectivity index (χ0) is 19.5. The van der Waals surface area contributed by atoms with Crippen LogP contribution in [0.15, 0.2) is 67.0 Å². The van der Waals surface area contributed by atoms with Crippen molar-refractivity contribution < 1.29 is 14.0 Å². The number of rotatable bonds is 3. The summed E-state index contributed by atoms with van der Waals surface area (Å²) in [6, 6.07) is 14.7. The first-order valence-electron chi connectivity index (χ1n) is 9.04. The molecule has 0 unspecified atom stereocenters. The zero-order valence-corrected chi connectivity index (χ0v) is 15.1. The van der Waals surface area contributed by atoms with Gasteiger partial charge in [-0.3, -0.25) is 14.6 Å². The number of pyridine rings is 1. The van der Waals surface area contributed by atoms with Gasteiger partial charge in [0.25, 0.3) is 11.8 Å². The van der Waals surface area contributed by atoms with Gasteiger partial charge in [0, 0.05) is 30.3 Å². The number of aryl methyl sites for hydroxylation is 1. The third kappa shape index (κ3) is 3.49. The molecule has 0 aliphatic carbocycles. The SMILES string of the molecule is O=C(Nc1ccc2c(c1)N(C(=O)c1cccnc1)CCC2)c1ccccc1F. The van der Waals surface area contributed by atoms with Crippen molar-refractivity contribution in [1.29, 1.82) is 0 Å². The number of carbonyl (C=O) groups excluding carboxylic acids is 2. The van der Waals surface area contributed by atoms with Crippen LogP contribution >= 0.6 is 0 Å². The molecule has 0 saturated heterocycles. The van der Waals surface area contributed by atoms with Crippen LogP contribution in [-0.2, 0) is 6.42 Å². The summed E-state index contributed by atoms with van der Waals surface area (Å²) in [5.41, 5.74) is 2.79. The fourth-order valence-electron chi connectivity index (χ4n) is 3.35. The van der Waals surface area contributed by atoms with E-state index < -0.39 is 11.7 Å². The minimum Gasteiger partial charge on any atom is -0.322 e. The second-order valence-corrected chi connectivity index (χ2v) is 6.58. The highest BCUT2D eigenvalue weighted by Gasteiger charge is 2.24. The molecule has 3 aromatic rings. The first-order chi connectivity index (χ1) is 13.6. The topological polar surface area (TPSA) is 62.3 Å². The van der Waals surface area contributed by atoms with E-state index >= 15 is 0 Å². The molecule has 0 saturated carbocycles. The van der Waals surface area contributed by atoms with Crippen molar-refractivity contribution in [2.45, 2.75) is 12.8 Å². The summed E-state index contributed by atoms with van der Waals surface area (Å²) >= 11 is 0. The van der Waals surface area contributed by atoms with E-state index in [1.54, 1.807) is 47.6 Å². The molecule has 0 fully saturated rings. The lowest BCUT2D eigenvalue weighted by molar-refractivity contribution is 0.0983. The van der Waals surface area contributed by atoms with Gasteiger partial charge in [-0.15, -0.1) is 0 Å². The first kappa shape index (κ1) is 17.9. The standard InChI is InChI=1S/C22H18FN3O2/c23-19-8-2-1-7-18(19)21(27)25-17-10-9-15-6-4-12-26(20(15)13-17)22(28)16-5-3-11-24-14-16/h1-3,5,7-11,13-14H,4,6,12H2,(H,25,27). The molecule has 1 aliphatic rings. The van der Waals surface area contributed by atoms with Crippen molar-refractivity contribution in [1.82, 2.24) is 4.98 Å². The Kier molecular flexibility index (Phi) is 4.85. The summed E-state index contributed by atoms with van der Waals surface area (Å²) in [6.07, 6.45) is 4.88. The highest BCUT2D eigenvalue weighted by atomic mass is 19.1. The zero-order valence-electron chi connectivity index (χ0n) is 15.1. The van der Waals surface area contributed by atoms with Crippen LogP contribution < -0.4 is 10.2 Å². The number of halogens is 1. The van der Waals surface area contributed by atoms with Crippen LogP contribution in [0.3, 0.4) is 0 Å². The predicted octanol–water partition coefficient (Wildman–Crippen LogP) is 4.07. The van der Waals surface area contributed by atoms with Crippen LogP contribution in [0.25, 0.3) is 0 Å². The number of carbonyl (C=O) groups is 2. The third-order valence-corrected chi connectivity index (χ3v) is 4.73. The number of benzene rings is 2. The monoisotopic (exact) mass is 375 g/mol. The number of fused-ring (bicyclic) bond motifs is 1. The van der Waals surface area contributed by atoms with Crippen molar-refractivity contribution in [3.63, 3.8) is 0 Å². The molecular formula is C22H18FN3O2. The smallest absolute Gasteiger partial charge is 0.259 e. The normalized spacial score (nSPS) is 13.0. The molecule has 0 radical (unpaired) electrons. The van der Waals surface area contributed by atoms with Gasteiger partial charge < -0.3 is 10.2 Å². The molecule has 1 N–H and O–H groups in total. The molecule has 2 amide bonds. The largest absolute Gasteiger partial charge is 0.322 e. The maximum Gasteiger partial charge on any atom is 0.259 e. The van der Waals surface area contributed by atoms with Crippen LogP contribution in [0.2, 0.25) is 0 Å². The fraction of sp³-hybridized carbons (Fsp3) is 0.136. The molecule has 28 heavy (non-hydrogen) atoms. The Morgan fingerprint density at radius 2 is 1.93 bits per heavy atom. The van der Waals surface area contributed by atoms with Crippen molar-refractivity contribution in [2.75, 3.05) is 16.8 Å². The maximum atomic E-state index is 13.9. The average molecular weight is 375 g/mol. The maximum absolute atomic E-state index is 13.9. The van der Waals surface area contributed by atoms with Gasteiger partial charge in [0.1, 0.15) is 5.82 Å². The summed E-state index contributed by atoms with van der Waals surface area (Å²) < 4.78 is 13.9. The Balaban J connectivity index is 1.62. The number of amides is 2. The molecule has 1 aromatic heterocycles. The van der Waals surface area contributed by atoms with Crippen LogP contribution in [0.1, 0.15) is 32.7 Å². The van der Waals surface area contributed by atoms with Crippen molar-refractivity contribution in [3.05, 3.63) is 89.5 Å². The molecule has 140 valence electrons. The van der Waals surface area contributed by atoms with Crippen molar-refractivity contribution in [3.8, 4) is 0 Å². The van der Waals surface area contributed by atoms with Crippen LogP contribution in [0.5, 0.6) is 0 Å². The van der Waals surface area contributed by atoms with Gasteiger partial charge in [0.2, 0.25) is 0 Å². The number of nitrogens with one attached hydrogen (secondary N) is 1. The van der Waals surface area contributed by atoms with Gasteiger partial charge in [0.05, 0.1) is 11.1 Å². The summed E-state index contributed by atoms with van der Waals surface area (Å²) in [7, 11) is 0. The van der Waals surface area contributed by atoms with E-state index in [2.05, 4.69) is 10.3 Å². The number of anilines is 2. The lowest BCUT2D eigenvalue weighted by Crippen LogP contribution is -2.35. The molecule has 0 spiro atoms. The Morgan fingerprint density at radius 3 is 2.71 bits per heavy atom. The Hall–Kier alpha value is -3.54. The first-order valence-corrected chi connectivity index (χ1v) is 9.04. The third-order valence-electron chi connectivity index (χ3n) is 4.73. The van der Waals surface area contributed by atoms with E-state index in [1.165, 1.54) is 18.2 Å². The molecule has 4 rings (SSSR count). The van der Waals surface area contributed by atoms with Gasteiger partial charge in [-0.05, 0) is 54.8 Å². The van der Waals surface area contributed by atoms with E-state index in [-0.39, 0.29) is 11.5 Å². The van der Waals surface area contributed by atoms with E-state index in [0.717, 1.165) is 24.1 Å². The van der Waals surface area contributed by atoms with E-state index in [9.17, 15) is 14.0 Å². The van der Waals surface area contributed by atoms with Gasteiger partial charge in [0.15, 0.2) is 0 Å². The summed E-state index contributed by atoms with van der Waals surface area (Å²) in [4.78, 5) is 31.0. The molecular weight excluding hydrogens is 357 g/mol. The second kappa shape index (κ2) is 7.60. The minimum absolute atomic E-state index is 0.0245. The molecule has 1 aliphatic heterocycles. The lowest BCUT2D eigenvalue weighted by atomic mass is 10.00. The summed E-state index contributed by atoms with van der Waals surface area (Å²) in [5.74, 6) is -1.24. The molecule has 5 nitrogen and oxygen atoms in total. The molecule has 0 bridgehead atoms. The van der Waals surface area contributed by atoms with E-state index in [1.807, 2.05) is 6.07 Å². The Morgan fingerprint density at radius 1 is 1.07 bits per heavy atom. The van der Waals surface area contributed by atoms with Gasteiger partial charge in [-0.2, -0.15) is 0 Å². The predicted molar refractivity (Wildman–Crippen MR) is 105 cm³/mol. The van der Waals surface area contributed by atoms with Crippen molar-refractivity contribution >= 4 is 23.2 Å². The molecule has 2 aromatic carbocycles. The molecule has 6 heteroatoms. The van der Waals surface area contributed by atoms with Crippen LogP contribution in [0.4, 0.5) is 15.8 Å². The fourth-order valence-corrected chi connectivity index (χ4v) is 3.35. The number of hydrogen-bond acceptors (Lipinski definition) is 3. The van der Waals surface area contributed by atoms with Crippen LogP contribution in [0, 0.1) is 5.82 Å². The Bertz CT molecular complexity index is 1040. The number of nitrogens with zero attached hydrogens (tertiary/aromatic N) is 2. The van der Waals surface area contributed by atoms with Crippen LogP contribution in [-0.4, -0.2) is 23.3 Å². The van der Waals surface area contributed by atoms with Crippen molar-refractivity contribution in [2.24, 2.45) is 0 Å². The molecule has 0 atom stereocenters. The highest BCUT2D eigenvalue weighted by Crippen LogP contribution is 2.31. The number of aromatic nitrogens is 1. The van der Waals surface area contributed by atoms with E-state index in [4.69, 9.17) is 0 Å². The summed E-state index contributed by atoms with van der Waals surface area (Å²) in [6.45, 7) is 0.589. The highest BCUT2D eigenvalue weighted by molar-refractivity contribution is 6.08. The van der Waals surface area contributed by atoms with Gasteiger partial charge >= 0.3 is 0 Å². The van der Waals surface area contributed by atoms with Gasteiger partial charge in [-0.1, -0.05) is 18.2 Å². The Labute approximate surface area is 161 Å². The summed E-state index contributed by atoms with van der Waals surface area (Å²) in [5, 5.41) is 2.72. The molecule has 2 heterocycles.